The van der Waals surface area contributed by atoms with Gasteiger partial charge in [0.15, 0.2) is 5.76 Å². The van der Waals surface area contributed by atoms with E-state index in [1.54, 1.807) is 11.3 Å². The molecule has 2 unspecified atom stereocenters. The Bertz CT molecular complexity index is 2110. The molecular formula is C45H53NO3S3. The predicted molar refractivity (Wildman–Crippen MR) is 221 cm³/mol. The van der Waals surface area contributed by atoms with E-state index in [0.29, 0.717) is 34.3 Å². The maximum Gasteiger partial charge on any atom is 0.270 e. The lowest BCUT2D eigenvalue weighted by Gasteiger charge is -2.34. The summed E-state index contributed by atoms with van der Waals surface area (Å²) in [5, 5.41) is 0. The largest absolute Gasteiger partial charge is 0.459 e. The monoisotopic (exact) mass is 751 g/mol. The molecule has 7 rings (SSSR count). The van der Waals surface area contributed by atoms with Gasteiger partial charge in [0.1, 0.15) is 11.3 Å². The molecule has 52 heavy (non-hydrogen) atoms. The van der Waals surface area contributed by atoms with E-state index in [9.17, 15) is 9.59 Å². The molecule has 5 aromatic rings. The summed E-state index contributed by atoms with van der Waals surface area (Å²) < 4.78 is 6.45. The third kappa shape index (κ3) is 6.39. The van der Waals surface area contributed by atoms with Crippen molar-refractivity contribution in [2.75, 3.05) is 4.90 Å². The van der Waals surface area contributed by atoms with Crippen molar-refractivity contribution in [2.45, 2.75) is 131 Å². The minimum absolute atomic E-state index is 0.251. The van der Waals surface area contributed by atoms with Crippen molar-refractivity contribution in [3.8, 4) is 20.4 Å². The van der Waals surface area contributed by atoms with E-state index in [0.717, 1.165) is 28.8 Å². The minimum Gasteiger partial charge on any atom is -0.459 e. The third-order valence-corrected chi connectivity index (χ3v) is 15.1. The van der Waals surface area contributed by atoms with Crippen LogP contribution in [0.15, 0.2) is 46.9 Å². The fourth-order valence-electron chi connectivity index (χ4n) is 8.54. The maximum atomic E-state index is 14.3. The Hall–Kier alpha value is -3.26. The van der Waals surface area contributed by atoms with Crippen LogP contribution in [0.3, 0.4) is 0 Å². The van der Waals surface area contributed by atoms with Crippen molar-refractivity contribution >= 4 is 51.5 Å². The number of aryl methyl sites for hydroxylation is 5. The molecule has 1 aromatic carbocycles. The zero-order valence-corrected chi connectivity index (χ0v) is 34.5. The molecule has 0 spiro atoms. The van der Waals surface area contributed by atoms with Crippen LogP contribution in [-0.2, 0) is 11.8 Å². The lowest BCUT2D eigenvalue weighted by Crippen LogP contribution is -2.30. The number of benzene rings is 1. The summed E-state index contributed by atoms with van der Waals surface area (Å²) in [6.45, 7) is 15.0. The van der Waals surface area contributed by atoms with Crippen molar-refractivity contribution < 1.29 is 14.0 Å². The first-order valence-corrected chi connectivity index (χ1v) is 22.0. The first-order chi connectivity index (χ1) is 25.1. The van der Waals surface area contributed by atoms with E-state index < -0.39 is 0 Å². The van der Waals surface area contributed by atoms with Crippen molar-refractivity contribution in [1.29, 1.82) is 0 Å². The highest BCUT2D eigenvalue weighted by Crippen LogP contribution is 2.63. The summed E-state index contributed by atoms with van der Waals surface area (Å²) in [6, 6.07) is 15.4. The first kappa shape index (κ1) is 37.1. The van der Waals surface area contributed by atoms with E-state index in [2.05, 4.69) is 52.0 Å². The zero-order valence-electron chi connectivity index (χ0n) is 32.0. The Kier molecular flexibility index (Phi) is 10.9. The summed E-state index contributed by atoms with van der Waals surface area (Å²) in [5.41, 5.74) is 6.17. The molecule has 2 amide bonds. The first-order valence-electron chi connectivity index (χ1n) is 19.6. The van der Waals surface area contributed by atoms with Crippen LogP contribution in [0, 0.1) is 33.6 Å². The maximum absolute atomic E-state index is 14.3. The fourth-order valence-corrected chi connectivity index (χ4v) is 12.3. The lowest BCUT2D eigenvalue weighted by atomic mass is 9.69. The molecule has 274 valence electrons. The van der Waals surface area contributed by atoms with Crippen molar-refractivity contribution in [3.05, 3.63) is 96.2 Å². The Morgan fingerprint density at radius 3 is 2.17 bits per heavy atom. The average molecular weight is 752 g/mol. The minimum atomic E-state index is -0.301. The number of carbonyl (C=O) groups excluding carboxylic acids is 2. The van der Waals surface area contributed by atoms with Crippen molar-refractivity contribution in [3.63, 3.8) is 0 Å². The van der Waals surface area contributed by atoms with Gasteiger partial charge in [0.25, 0.3) is 11.8 Å². The van der Waals surface area contributed by atoms with Crippen LogP contribution in [-0.4, -0.2) is 11.8 Å². The number of thiophene rings is 3. The fraction of sp³-hybridized carbons (Fsp3) is 0.467. The normalized spacial score (nSPS) is 16.9. The number of carbonyl (C=O) groups is 2. The van der Waals surface area contributed by atoms with Gasteiger partial charge in [-0.25, -0.2) is 4.90 Å². The van der Waals surface area contributed by atoms with Crippen LogP contribution >= 0.6 is 34.0 Å². The number of fused-ring (bicyclic) bond motifs is 4. The molecule has 1 aliphatic carbocycles. The smallest absolute Gasteiger partial charge is 0.270 e. The van der Waals surface area contributed by atoms with Gasteiger partial charge in [-0.05, 0) is 112 Å². The van der Waals surface area contributed by atoms with Gasteiger partial charge in [0.05, 0.1) is 21.5 Å². The zero-order chi connectivity index (χ0) is 36.7. The SMILES string of the molecule is CCCCCCC(CCCC)CC1(c2ccc(CCCC)s2)c2cc(C)sc2-c2sc(-c3oc(C)c4c3C(=O)N(c3ccc(C)c(C)c3)C4=O)cc21. The summed E-state index contributed by atoms with van der Waals surface area (Å²) in [7, 11) is 0. The molecule has 2 atom stereocenters. The number of amides is 2. The molecule has 0 saturated heterocycles. The predicted octanol–water partition coefficient (Wildman–Crippen LogP) is 14.0. The van der Waals surface area contributed by atoms with Gasteiger partial charge in [-0.3, -0.25) is 9.59 Å². The number of nitrogens with zero attached hydrogens (tertiary/aromatic N) is 1. The highest BCUT2D eigenvalue weighted by Gasteiger charge is 2.50. The van der Waals surface area contributed by atoms with Gasteiger partial charge in [0.2, 0.25) is 0 Å². The number of unbranched alkanes of at least 4 members (excludes halogenated alkanes) is 5. The molecule has 0 radical (unpaired) electrons. The highest BCUT2D eigenvalue weighted by atomic mass is 32.1. The van der Waals surface area contributed by atoms with Gasteiger partial charge in [0, 0.05) is 24.4 Å². The van der Waals surface area contributed by atoms with Gasteiger partial charge >= 0.3 is 0 Å². The van der Waals surface area contributed by atoms with Crippen LogP contribution in [0.4, 0.5) is 5.69 Å². The molecule has 0 N–H and O–H groups in total. The van der Waals surface area contributed by atoms with Crippen LogP contribution < -0.4 is 4.90 Å². The quantitative estimate of drug-likeness (QED) is 0.0745. The Morgan fingerprint density at radius 1 is 0.712 bits per heavy atom. The average Bonchev–Trinajstić information content (AvgIpc) is 3.97. The van der Waals surface area contributed by atoms with E-state index in [-0.39, 0.29) is 17.2 Å². The van der Waals surface area contributed by atoms with Gasteiger partial charge in [-0.15, -0.1) is 34.0 Å². The molecule has 4 nitrogen and oxygen atoms in total. The standard InChI is InChI=1S/C45H53NO3S3/c1-8-11-14-15-17-31(16-12-9-2)26-45(37-22-21-33(51-37)18-13-10-3)34-24-29(6)50-41(34)42-35(45)25-36(52-42)40-39-38(30(7)49-40)43(47)46(44(39)48)32-20-19-27(4)28(5)23-32/h19-25,31H,8-18,26H2,1-7H3. The molecule has 4 aromatic heterocycles. The molecular weight excluding hydrogens is 699 g/mol. The summed E-state index contributed by atoms with van der Waals surface area (Å²) in [6.07, 6.45) is 14.7. The number of anilines is 1. The highest BCUT2D eigenvalue weighted by molar-refractivity contribution is 7.24. The number of hydrogen-bond acceptors (Lipinski definition) is 6. The van der Waals surface area contributed by atoms with Gasteiger partial charge < -0.3 is 4.42 Å². The lowest BCUT2D eigenvalue weighted by molar-refractivity contribution is 0.0923. The van der Waals surface area contributed by atoms with E-state index >= 15 is 0 Å². The van der Waals surface area contributed by atoms with E-state index in [1.165, 1.54) is 105 Å². The summed E-state index contributed by atoms with van der Waals surface area (Å²) in [5.74, 6) is 1.06. The van der Waals surface area contributed by atoms with Crippen LogP contribution in [0.1, 0.15) is 155 Å². The Balaban J connectivity index is 1.36. The molecule has 5 heterocycles. The molecule has 0 saturated carbocycles. The molecule has 0 bridgehead atoms. The second-order valence-corrected chi connectivity index (χ2v) is 18.7. The van der Waals surface area contributed by atoms with Crippen LogP contribution in [0.2, 0.25) is 0 Å². The number of hydrogen-bond donors (Lipinski definition) is 0. The molecule has 7 heteroatoms. The van der Waals surface area contributed by atoms with Crippen LogP contribution in [0.5, 0.6) is 0 Å². The van der Waals surface area contributed by atoms with Gasteiger partial charge in [-0.1, -0.05) is 84.6 Å². The Labute approximate surface area is 322 Å². The summed E-state index contributed by atoms with van der Waals surface area (Å²) >= 11 is 5.66. The summed E-state index contributed by atoms with van der Waals surface area (Å²) in [4.78, 5) is 37.4. The number of furan rings is 1. The number of imide groups is 1. The van der Waals surface area contributed by atoms with Crippen molar-refractivity contribution in [1.82, 2.24) is 0 Å². The second kappa shape index (κ2) is 15.2. The molecule has 0 fully saturated rings. The topological polar surface area (TPSA) is 50.5 Å². The van der Waals surface area contributed by atoms with Gasteiger partial charge in [-0.2, -0.15) is 0 Å². The second-order valence-electron chi connectivity index (χ2n) is 15.2. The Morgan fingerprint density at radius 2 is 1.42 bits per heavy atom. The molecule has 2 aliphatic rings. The molecule has 1 aliphatic heterocycles. The van der Waals surface area contributed by atoms with Crippen LogP contribution in [0.25, 0.3) is 20.4 Å². The number of rotatable bonds is 16. The third-order valence-electron chi connectivity index (χ3n) is 11.5. The van der Waals surface area contributed by atoms with E-state index in [4.69, 9.17) is 4.42 Å². The van der Waals surface area contributed by atoms with Crippen molar-refractivity contribution in [2.24, 2.45) is 5.92 Å². The van der Waals surface area contributed by atoms with E-state index in [1.807, 2.05) is 61.6 Å².